The van der Waals surface area contributed by atoms with Crippen LogP contribution in [0.5, 0.6) is 0 Å². The number of nitrogen functional groups attached to an aromatic ring is 1. The number of nitrogens with one attached hydrogen (secondary N) is 1. The van der Waals surface area contributed by atoms with Crippen LogP contribution >= 0.6 is 45.6 Å². The molecule has 0 aliphatic heterocycles. The van der Waals surface area contributed by atoms with Crippen LogP contribution in [0.25, 0.3) is 65.2 Å². The lowest BCUT2D eigenvalue weighted by atomic mass is 10.3. The number of aromatic nitrogens is 9. The number of thiophene rings is 3. The summed E-state index contributed by atoms with van der Waals surface area (Å²) in [7, 11) is 0. The molecule has 0 saturated carbocycles. The number of hydrogen-bond acceptors (Lipinski definition) is 13. The van der Waals surface area contributed by atoms with Gasteiger partial charge in [-0.3, -0.25) is 19.7 Å². The number of nitrogens with zero attached hydrogens (tertiary/aromatic N) is 8. The quantitative estimate of drug-likeness (QED) is 0.174. The number of anilines is 1. The fourth-order valence-corrected chi connectivity index (χ4v) is 6.91. The summed E-state index contributed by atoms with van der Waals surface area (Å²) in [6.45, 7) is 0. The molecule has 0 aliphatic carbocycles. The van der Waals surface area contributed by atoms with E-state index in [-0.39, 0.29) is 5.56 Å². The van der Waals surface area contributed by atoms with Crippen LogP contribution in [-0.2, 0) is 0 Å². The normalized spacial score (nSPS) is 10.8. The van der Waals surface area contributed by atoms with E-state index in [1.165, 1.54) is 11.3 Å². The Bertz CT molecular complexity index is 2410. The van der Waals surface area contributed by atoms with Crippen LogP contribution in [0.3, 0.4) is 0 Å². The summed E-state index contributed by atoms with van der Waals surface area (Å²) >= 11 is 10.6. The molecule has 9 heterocycles. The minimum Gasteiger partial charge on any atom is -0.382 e. The number of pyridine rings is 3. The van der Waals surface area contributed by atoms with Gasteiger partial charge in [-0.15, -0.1) is 34.0 Å². The van der Waals surface area contributed by atoms with Gasteiger partial charge in [-0.25, -0.2) is 24.9 Å². The third kappa shape index (κ3) is 6.77. The molecule has 48 heavy (non-hydrogen) atoms. The minimum absolute atomic E-state index is 0.111. The number of fused-ring (bicyclic) bond motifs is 3. The Morgan fingerprint density at radius 1 is 0.562 bits per heavy atom. The van der Waals surface area contributed by atoms with Gasteiger partial charge >= 0.3 is 0 Å². The van der Waals surface area contributed by atoms with Gasteiger partial charge in [-0.1, -0.05) is 29.8 Å². The third-order valence-electron chi connectivity index (χ3n) is 6.60. The van der Waals surface area contributed by atoms with E-state index >= 15 is 0 Å². The molecule has 0 bridgehead atoms. The van der Waals surface area contributed by atoms with Gasteiger partial charge < -0.3 is 10.7 Å². The number of nitrogens with two attached hydrogens (primary N) is 1. The first-order chi connectivity index (χ1) is 23.5. The molecule has 9 aromatic heterocycles. The van der Waals surface area contributed by atoms with E-state index in [1.54, 1.807) is 41.3 Å². The Labute approximate surface area is 288 Å². The van der Waals surface area contributed by atoms with Crippen molar-refractivity contribution in [1.82, 2.24) is 44.9 Å². The van der Waals surface area contributed by atoms with E-state index < -0.39 is 0 Å². The molecule has 0 radical (unpaired) electrons. The highest BCUT2D eigenvalue weighted by Gasteiger charge is 2.10. The van der Waals surface area contributed by atoms with Gasteiger partial charge in [0.25, 0.3) is 5.56 Å². The molecule has 0 aliphatic rings. The number of aromatic amines is 1. The van der Waals surface area contributed by atoms with E-state index in [2.05, 4.69) is 44.9 Å². The number of hydrogen-bond donors (Lipinski definition) is 2. The van der Waals surface area contributed by atoms with Crippen LogP contribution in [0.15, 0.2) is 112 Å². The molecule has 0 spiro atoms. The van der Waals surface area contributed by atoms with E-state index in [4.69, 9.17) is 17.3 Å². The largest absolute Gasteiger partial charge is 0.382 e. The van der Waals surface area contributed by atoms with Crippen molar-refractivity contribution >= 4 is 82.1 Å². The smallest absolute Gasteiger partial charge is 0.269 e. The van der Waals surface area contributed by atoms with Gasteiger partial charge in [0.1, 0.15) is 27.6 Å². The van der Waals surface area contributed by atoms with Crippen LogP contribution in [0.1, 0.15) is 0 Å². The SMILES string of the molecule is Clc1nc(-c2ccccn2)nc2ccsc12.Nc1nc(-c2ccccn2)nc2ccsc12.O=c1[nH]c(-c2ccccn2)nc2ccsc12. The van der Waals surface area contributed by atoms with Gasteiger partial charge in [0.2, 0.25) is 0 Å². The highest BCUT2D eigenvalue weighted by molar-refractivity contribution is 7.18. The van der Waals surface area contributed by atoms with Gasteiger partial charge in [0.05, 0.1) is 25.9 Å². The van der Waals surface area contributed by atoms with E-state index in [1.807, 2.05) is 88.9 Å². The van der Waals surface area contributed by atoms with Gasteiger partial charge in [-0.05, 0) is 70.7 Å². The standard InChI is InChI=1S/C11H6ClN3S.C11H8N4S.C11H7N3OS/c2*12-10-9-7(4-6-16-9)14-11(15-10)8-3-1-2-5-13-8;15-11-9-7(4-6-16-9)13-10(14-11)8-3-1-2-5-12-8/h1-6H;1-6H,(H2,12,14,15);1-6H,(H,13,14,15). The number of rotatable bonds is 3. The molecule has 0 unspecified atom stereocenters. The zero-order valence-corrected chi connectivity index (χ0v) is 27.8. The second kappa shape index (κ2) is 14.1. The van der Waals surface area contributed by atoms with Gasteiger partial charge in [-0.2, -0.15) is 0 Å². The lowest BCUT2D eigenvalue weighted by Crippen LogP contribution is -2.07. The van der Waals surface area contributed by atoms with E-state index in [0.717, 1.165) is 37.3 Å². The second-order valence-electron chi connectivity index (χ2n) is 9.73. The maximum absolute atomic E-state index is 11.7. The number of H-pyrrole nitrogens is 1. The van der Waals surface area contributed by atoms with Crippen LogP contribution in [0, 0.1) is 0 Å². The Morgan fingerprint density at radius 2 is 1.06 bits per heavy atom. The fourth-order valence-electron chi connectivity index (χ4n) is 4.43. The highest BCUT2D eigenvalue weighted by Crippen LogP contribution is 2.28. The highest BCUT2D eigenvalue weighted by atomic mass is 35.5. The van der Waals surface area contributed by atoms with Crippen molar-refractivity contribution in [1.29, 1.82) is 0 Å². The van der Waals surface area contributed by atoms with Crippen molar-refractivity contribution < 1.29 is 0 Å². The molecule has 11 nitrogen and oxygen atoms in total. The molecule has 9 aromatic rings. The van der Waals surface area contributed by atoms with Crippen LogP contribution in [0.2, 0.25) is 5.15 Å². The average molecular weight is 705 g/mol. The summed E-state index contributed by atoms with van der Waals surface area (Å²) in [6, 6.07) is 22.5. The molecule has 9 rings (SSSR count). The monoisotopic (exact) mass is 704 g/mol. The van der Waals surface area contributed by atoms with Crippen molar-refractivity contribution in [2.45, 2.75) is 0 Å². The third-order valence-corrected chi connectivity index (χ3v) is 9.73. The van der Waals surface area contributed by atoms with Crippen molar-refractivity contribution in [2.24, 2.45) is 0 Å². The average Bonchev–Trinajstić information content (AvgIpc) is 3.92. The summed E-state index contributed by atoms with van der Waals surface area (Å²) in [5, 5.41) is 6.25. The first-order valence-corrected chi connectivity index (χ1v) is 17.2. The lowest BCUT2D eigenvalue weighted by Gasteiger charge is -2.01. The summed E-state index contributed by atoms with van der Waals surface area (Å²) < 4.78 is 2.50. The molecular formula is C33H21ClN10OS3. The van der Waals surface area contributed by atoms with Crippen molar-refractivity contribution in [2.75, 3.05) is 5.73 Å². The maximum atomic E-state index is 11.7. The van der Waals surface area contributed by atoms with E-state index in [9.17, 15) is 4.79 Å². The van der Waals surface area contributed by atoms with Crippen LogP contribution < -0.4 is 11.3 Å². The minimum atomic E-state index is -0.111. The Hall–Kier alpha value is -5.54. The zero-order valence-electron chi connectivity index (χ0n) is 24.6. The molecule has 0 saturated heterocycles. The molecule has 0 fully saturated rings. The first kappa shape index (κ1) is 31.1. The number of halogens is 1. The predicted molar refractivity (Wildman–Crippen MR) is 194 cm³/mol. The molecule has 234 valence electrons. The molecule has 0 aromatic carbocycles. The summed E-state index contributed by atoms with van der Waals surface area (Å²) in [4.78, 5) is 48.7. The molecule has 0 atom stereocenters. The lowest BCUT2D eigenvalue weighted by molar-refractivity contribution is 1.15. The fraction of sp³-hybridized carbons (Fsp3) is 0. The van der Waals surface area contributed by atoms with Crippen molar-refractivity contribution in [3.05, 3.63) is 123 Å². The molecule has 0 amide bonds. The van der Waals surface area contributed by atoms with Crippen LogP contribution in [-0.4, -0.2) is 44.9 Å². The van der Waals surface area contributed by atoms with Crippen molar-refractivity contribution in [3.8, 4) is 34.6 Å². The van der Waals surface area contributed by atoms with Crippen molar-refractivity contribution in [3.63, 3.8) is 0 Å². The Kier molecular flexibility index (Phi) is 9.11. The maximum Gasteiger partial charge on any atom is 0.269 e. The topological polar surface area (TPSA) is 162 Å². The van der Waals surface area contributed by atoms with Crippen LogP contribution in [0.4, 0.5) is 5.82 Å². The summed E-state index contributed by atoms with van der Waals surface area (Å²) in [5.41, 5.74) is 10.4. The zero-order chi connectivity index (χ0) is 32.9. The molecular weight excluding hydrogens is 684 g/mol. The van der Waals surface area contributed by atoms with E-state index in [0.29, 0.717) is 38.8 Å². The summed E-state index contributed by atoms with van der Waals surface area (Å²) in [6.07, 6.45) is 5.10. The molecule has 15 heteroatoms. The van der Waals surface area contributed by atoms with Gasteiger partial charge in [0, 0.05) is 18.6 Å². The van der Waals surface area contributed by atoms with Gasteiger partial charge in [0.15, 0.2) is 22.6 Å². The second-order valence-corrected chi connectivity index (χ2v) is 12.8. The summed E-state index contributed by atoms with van der Waals surface area (Å²) in [5.74, 6) is 2.16. The predicted octanol–water partition coefficient (Wildman–Crippen LogP) is 7.79. The Balaban J connectivity index is 0.000000114. The first-order valence-electron chi connectivity index (χ1n) is 14.2. The molecule has 3 N–H and O–H groups in total. The Morgan fingerprint density at radius 3 is 1.65 bits per heavy atom.